The molecule has 0 spiro atoms. The molecule has 2 N–H and O–H groups in total. The molecule has 34 heavy (non-hydrogen) atoms. The quantitative estimate of drug-likeness (QED) is 0.452. The van der Waals surface area contributed by atoms with Crippen molar-refractivity contribution >= 4 is 58.0 Å². The number of carbonyl (C=O) groups is 2. The summed E-state index contributed by atoms with van der Waals surface area (Å²) < 4.78 is 10.3. The van der Waals surface area contributed by atoms with Gasteiger partial charge in [0.05, 0.1) is 35.7 Å². The molecule has 180 valence electrons. The van der Waals surface area contributed by atoms with Crippen LogP contribution in [0.2, 0.25) is 0 Å². The Bertz CT molecular complexity index is 971. The lowest BCUT2D eigenvalue weighted by Gasteiger charge is -2.37. The number of para-hydroxylation sites is 2. The first-order chi connectivity index (χ1) is 16.4. The molecule has 1 saturated heterocycles. The van der Waals surface area contributed by atoms with Gasteiger partial charge in [-0.3, -0.25) is 0 Å². The highest BCUT2D eigenvalue weighted by Gasteiger charge is 2.23. The van der Waals surface area contributed by atoms with E-state index in [1.165, 1.54) is 0 Å². The largest absolute Gasteiger partial charge is 0.462 e. The van der Waals surface area contributed by atoms with Gasteiger partial charge in [-0.05, 0) is 62.5 Å². The monoisotopic (exact) mass is 500 g/mol. The summed E-state index contributed by atoms with van der Waals surface area (Å²) in [6, 6.07) is 14.3. The van der Waals surface area contributed by atoms with Gasteiger partial charge in [0, 0.05) is 26.2 Å². The van der Waals surface area contributed by atoms with Gasteiger partial charge in [-0.15, -0.1) is 0 Å². The van der Waals surface area contributed by atoms with Crippen LogP contribution in [-0.2, 0) is 9.47 Å². The first-order valence-corrected chi connectivity index (χ1v) is 11.9. The molecule has 1 heterocycles. The van der Waals surface area contributed by atoms with Crippen molar-refractivity contribution in [2.24, 2.45) is 0 Å². The summed E-state index contributed by atoms with van der Waals surface area (Å²) in [4.78, 5) is 28.5. The Morgan fingerprint density at radius 2 is 1.09 bits per heavy atom. The molecule has 0 bridgehead atoms. The second-order valence-corrected chi connectivity index (χ2v) is 8.14. The third-order valence-corrected chi connectivity index (χ3v) is 5.90. The highest BCUT2D eigenvalue weighted by molar-refractivity contribution is 7.80. The van der Waals surface area contributed by atoms with Gasteiger partial charge in [0.2, 0.25) is 0 Å². The smallest absolute Gasteiger partial charge is 0.340 e. The molecule has 8 nitrogen and oxygen atoms in total. The van der Waals surface area contributed by atoms with Crippen molar-refractivity contribution in [2.45, 2.75) is 13.8 Å². The van der Waals surface area contributed by atoms with Crippen molar-refractivity contribution in [1.29, 1.82) is 0 Å². The molecule has 1 aliphatic rings. The summed E-state index contributed by atoms with van der Waals surface area (Å²) in [5.41, 5.74) is 2.11. The zero-order valence-corrected chi connectivity index (χ0v) is 20.8. The third kappa shape index (κ3) is 6.42. The molecule has 0 aliphatic carbocycles. The van der Waals surface area contributed by atoms with Crippen LogP contribution < -0.4 is 10.6 Å². The van der Waals surface area contributed by atoms with E-state index < -0.39 is 11.9 Å². The normalized spacial score (nSPS) is 13.1. The number of ether oxygens (including phenoxy) is 2. The number of carbonyl (C=O) groups excluding carboxylic acids is 2. The average molecular weight is 501 g/mol. The van der Waals surface area contributed by atoms with Gasteiger partial charge in [-0.1, -0.05) is 24.3 Å². The van der Waals surface area contributed by atoms with Crippen LogP contribution >= 0.6 is 24.4 Å². The lowest BCUT2D eigenvalue weighted by molar-refractivity contribution is 0.0518. The Kier molecular flexibility index (Phi) is 9.17. The fourth-order valence-corrected chi connectivity index (χ4v) is 4.04. The molecule has 0 amide bonds. The van der Waals surface area contributed by atoms with Gasteiger partial charge in [-0.2, -0.15) is 0 Å². The zero-order valence-electron chi connectivity index (χ0n) is 19.2. The predicted octanol–water partition coefficient (Wildman–Crippen LogP) is 3.75. The van der Waals surface area contributed by atoms with Gasteiger partial charge in [0.15, 0.2) is 10.2 Å². The molecule has 0 unspecified atom stereocenters. The van der Waals surface area contributed by atoms with E-state index in [0.29, 0.717) is 72.1 Å². The highest BCUT2D eigenvalue weighted by Crippen LogP contribution is 2.19. The number of nitrogens with one attached hydrogen (secondary N) is 2. The summed E-state index contributed by atoms with van der Waals surface area (Å²) in [7, 11) is 0. The number of esters is 2. The average Bonchev–Trinajstić information content (AvgIpc) is 2.85. The summed E-state index contributed by atoms with van der Waals surface area (Å²) in [6.07, 6.45) is 0. The number of anilines is 2. The number of nitrogens with zero attached hydrogens (tertiary/aromatic N) is 2. The van der Waals surface area contributed by atoms with Crippen LogP contribution in [-0.4, -0.2) is 71.4 Å². The Labute approximate surface area is 210 Å². The van der Waals surface area contributed by atoms with Gasteiger partial charge in [-0.25, -0.2) is 9.59 Å². The summed E-state index contributed by atoms with van der Waals surface area (Å²) in [6.45, 7) is 6.74. The lowest BCUT2D eigenvalue weighted by atomic mass is 10.2. The molecule has 0 saturated carbocycles. The molecule has 2 aromatic rings. The second kappa shape index (κ2) is 12.3. The van der Waals surface area contributed by atoms with E-state index in [4.69, 9.17) is 33.9 Å². The van der Waals surface area contributed by atoms with Gasteiger partial charge in [0.1, 0.15) is 0 Å². The van der Waals surface area contributed by atoms with E-state index in [1.807, 2.05) is 21.9 Å². The number of hydrogen-bond acceptors (Lipinski definition) is 6. The van der Waals surface area contributed by atoms with Crippen molar-refractivity contribution in [3.63, 3.8) is 0 Å². The standard InChI is InChI=1S/C24H28N4O4S2/c1-3-31-21(29)17-9-5-7-11-19(17)25-23(33)27-13-15-28(16-14-27)24(34)26-20-12-8-6-10-18(20)22(30)32-4-2/h5-12H,3-4,13-16H2,1-2H3,(H,25,33)(H,26,34). The van der Waals surface area contributed by atoms with Crippen molar-refractivity contribution in [1.82, 2.24) is 9.80 Å². The number of piperazine rings is 1. The van der Waals surface area contributed by atoms with Gasteiger partial charge < -0.3 is 29.9 Å². The molecular formula is C24H28N4O4S2. The van der Waals surface area contributed by atoms with E-state index in [-0.39, 0.29) is 0 Å². The Hall–Kier alpha value is -3.24. The lowest BCUT2D eigenvalue weighted by Crippen LogP contribution is -2.52. The fourth-order valence-electron chi connectivity index (χ4n) is 3.46. The van der Waals surface area contributed by atoms with Crippen molar-refractivity contribution in [3.8, 4) is 0 Å². The molecule has 0 radical (unpaired) electrons. The van der Waals surface area contributed by atoms with E-state index in [9.17, 15) is 9.59 Å². The van der Waals surface area contributed by atoms with E-state index in [0.717, 1.165) is 0 Å². The summed E-state index contributed by atoms with van der Waals surface area (Å²) in [5, 5.41) is 7.41. The number of benzene rings is 2. The Morgan fingerprint density at radius 1 is 0.735 bits per heavy atom. The second-order valence-electron chi connectivity index (χ2n) is 7.37. The van der Waals surface area contributed by atoms with Crippen molar-refractivity contribution < 1.29 is 19.1 Å². The maximum Gasteiger partial charge on any atom is 0.340 e. The molecule has 1 aliphatic heterocycles. The van der Waals surface area contributed by atoms with Crippen LogP contribution in [0.5, 0.6) is 0 Å². The first-order valence-electron chi connectivity index (χ1n) is 11.1. The van der Waals surface area contributed by atoms with Crippen LogP contribution in [0.4, 0.5) is 11.4 Å². The molecule has 10 heteroatoms. The molecule has 3 rings (SSSR count). The Morgan fingerprint density at radius 3 is 1.44 bits per heavy atom. The summed E-state index contributed by atoms with van der Waals surface area (Å²) >= 11 is 11.2. The van der Waals surface area contributed by atoms with E-state index >= 15 is 0 Å². The molecule has 0 atom stereocenters. The maximum absolute atomic E-state index is 12.2. The van der Waals surface area contributed by atoms with Crippen LogP contribution in [0.15, 0.2) is 48.5 Å². The first kappa shape index (κ1) is 25.4. The van der Waals surface area contributed by atoms with Crippen LogP contribution in [0.3, 0.4) is 0 Å². The molecule has 1 fully saturated rings. The maximum atomic E-state index is 12.2. The third-order valence-electron chi connectivity index (χ3n) is 5.18. The fraction of sp³-hybridized carbons (Fsp3) is 0.333. The van der Waals surface area contributed by atoms with E-state index in [1.54, 1.807) is 50.2 Å². The van der Waals surface area contributed by atoms with Crippen molar-refractivity contribution in [2.75, 3.05) is 50.0 Å². The predicted molar refractivity (Wildman–Crippen MR) is 140 cm³/mol. The van der Waals surface area contributed by atoms with E-state index in [2.05, 4.69) is 10.6 Å². The number of hydrogen-bond donors (Lipinski definition) is 2. The number of rotatable bonds is 6. The highest BCUT2D eigenvalue weighted by atomic mass is 32.1. The van der Waals surface area contributed by atoms with Crippen molar-refractivity contribution in [3.05, 3.63) is 59.7 Å². The molecular weight excluding hydrogens is 472 g/mol. The van der Waals surface area contributed by atoms with Crippen LogP contribution in [0.1, 0.15) is 34.6 Å². The SMILES string of the molecule is CCOC(=O)c1ccccc1NC(=S)N1CCN(C(=S)Nc2ccccc2C(=O)OCC)CC1. The molecule has 0 aromatic heterocycles. The number of thiocarbonyl (C=S) groups is 2. The van der Waals surface area contributed by atoms with Crippen LogP contribution in [0, 0.1) is 0 Å². The van der Waals surface area contributed by atoms with Crippen LogP contribution in [0.25, 0.3) is 0 Å². The molecule has 2 aromatic carbocycles. The van der Waals surface area contributed by atoms with Gasteiger partial charge >= 0.3 is 11.9 Å². The minimum Gasteiger partial charge on any atom is -0.462 e. The summed E-state index contributed by atoms with van der Waals surface area (Å²) in [5.74, 6) is -0.782. The topological polar surface area (TPSA) is 83.1 Å². The zero-order chi connectivity index (χ0) is 24.5. The minimum atomic E-state index is -0.391. The van der Waals surface area contributed by atoms with Gasteiger partial charge in [0.25, 0.3) is 0 Å². The minimum absolute atomic E-state index is 0.303. The Balaban J connectivity index is 1.57.